The molecule has 0 aliphatic carbocycles. The van der Waals surface area contributed by atoms with Gasteiger partial charge in [0.2, 0.25) is 11.8 Å². The third kappa shape index (κ3) is 5.56. The summed E-state index contributed by atoms with van der Waals surface area (Å²) in [6, 6.07) is 1.99. The molecule has 0 saturated carbocycles. The number of aliphatic carboxylic acids is 1. The fourth-order valence-electron chi connectivity index (χ4n) is 3.34. The van der Waals surface area contributed by atoms with Gasteiger partial charge >= 0.3 is 5.97 Å². The Bertz CT molecular complexity index is 859. The van der Waals surface area contributed by atoms with E-state index in [0.29, 0.717) is 41.8 Å². The Balaban J connectivity index is 2.04. The van der Waals surface area contributed by atoms with E-state index in [4.69, 9.17) is 16.7 Å². The summed E-state index contributed by atoms with van der Waals surface area (Å²) in [5, 5.41) is 14.2. The minimum Gasteiger partial charge on any atom is -0.481 e. The number of rotatable bonds is 8. The SMILES string of the molecule is Cc1c(Cl)cccc1C(=O)N[C@@H](C)C(=O)N1CCC[C@H]1C(=O)N[C@H](C=O)CC(=O)O. The van der Waals surface area contributed by atoms with E-state index in [0.717, 1.165) is 0 Å². The number of likely N-dealkylation sites (tertiary alicyclic amines) is 1. The standard InChI is InChI=1S/C20H24ClN3O6/c1-11-14(5-3-6-15(11)21)18(28)22-12(2)20(30)24-8-4-7-16(24)19(29)23-13(10-25)9-17(26)27/h3,5-6,10,12-13,16H,4,7-9H2,1-2H3,(H,22,28)(H,23,29)(H,26,27)/t12-,13-,16-/m0/s1. The van der Waals surface area contributed by atoms with Crippen LogP contribution in [0.5, 0.6) is 0 Å². The Morgan fingerprint density at radius 3 is 2.63 bits per heavy atom. The van der Waals surface area contributed by atoms with E-state index < -0.39 is 48.2 Å². The van der Waals surface area contributed by atoms with Gasteiger partial charge in [0.25, 0.3) is 5.91 Å². The van der Waals surface area contributed by atoms with Gasteiger partial charge in [-0.05, 0) is 44.4 Å². The molecule has 3 N–H and O–H groups in total. The predicted octanol–water partition coefficient (Wildman–Crippen LogP) is 0.916. The minimum atomic E-state index is -1.22. The molecule has 2 rings (SSSR count). The van der Waals surface area contributed by atoms with Crippen LogP contribution in [0.1, 0.15) is 42.1 Å². The Labute approximate surface area is 178 Å². The minimum absolute atomic E-state index is 0.317. The van der Waals surface area contributed by atoms with E-state index in [-0.39, 0.29) is 0 Å². The molecule has 3 atom stereocenters. The third-order valence-electron chi connectivity index (χ3n) is 4.96. The lowest BCUT2D eigenvalue weighted by molar-refractivity contribution is -0.141. The van der Waals surface area contributed by atoms with Gasteiger partial charge in [-0.25, -0.2) is 0 Å². The first-order valence-electron chi connectivity index (χ1n) is 9.49. The zero-order valence-electron chi connectivity index (χ0n) is 16.7. The lowest BCUT2D eigenvalue weighted by Gasteiger charge is -2.28. The smallest absolute Gasteiger partial charge is 0.305 e. The van der Waals surface area contributed by atoms with E-state index in [1.54, 1.807) is 25.1 Å². The summed E-state index contributed by atoms with van der Waals surface area (Å²) in [5.41, 5.74) is 0.938. The highest BCUT2D eigenvalue weighted by Gasteiger charge is 2.37. The largest absolute Gasteiger partial charge is 0.481 e. The number of hydrogen-bond donors (Lipinski definition) is 3. The molecule has 162 valence electrons. The summed E-state index contributed by atoms with van der Waals surface area (Å²) in [6.45, 7) is 3.54. The van der Waals surface area contributed by atoms with Crippen molar-refractivity contribution in [2.45, 2.75) is 51.2 Å². The van der Waals surface area contributed by atoms with Crippen molar-refractivity contribution in [2.75, 3.05) is 6.54 Å². The third-order valence-corrected chi connectivity index (χ3v) is 5.36. The van der Waals surface area contributed by atoms with Gasteiger partial charge in [0.15, 0.2) is 0 Å². The summed E-state index contributed by atoms with van der Waals surface area (Å²) in [5.74, 6) is -2.72. The lowest BCUT2D eigenvalue weighted by Crippen LogP contribution is -2.54. The maximum absolute atomic E-state index is 12.9. The number of carbonyl (C=O) groups excluding carboxylic acids is 4. The van der Waals surface area contributed by atoms with Crippen molar-refractivity contribution in [1.29, 1.82) is 0 Å². The molecular formula is C20H24ClN3O6. The first kappa shape index (κ1) is 23.3. The number of carbonyl (C=O) groups is 5. The van der Waals surface area contributed by atoms with Crippen molar-refractivity contribution in [1.82, 2.24) is 15.5 Å². The fraction of sp³-hybridized carbons (Fsp3) is 0.450. The molecule has 10 heteroatoms. The molecule has 0 bridgehead atoms. The van der Waals surface area contributed by atoms with Crippen LogP contribution in [0, 0.1) is 6.92 Å². The number of nitrogens with zero attached hydrogens (tertiary/aromatic N) is 1. The molecule has 0 aromatic heterocycles. The van der Waals surface area contributed by atoms with Gasteiger partial charge in [0.1, 0.15) is 18.4 Å². The second-order valence-corrected chi connectivity index (χ2v) is 7.55. The molecule has 1 heterocycles. The highest BCUT2D eigenvalue weighted by atomic mass is 35.5. The maximum Gasteiger partial charge on any atom is 0.305 e. The van der Waals surface area contributed by atoms with E-state index in [2.05, 4.69) is 10.6 Å². The van der Waals surface area contributed by atoms with Crippen LogP contribution in [0.3, 0.4) is 0 Å². The van der Waals surface area contributed by atoms with Crippen molar-refractivity contribution in [3.05, 3.63) is 34.3 Å². The van der Waals surface area contributed by atoms with Crippen molar-refractivity contribution >= 4 is 41.6 Å². The van der Waals surface area contributed by atoms with Crippen LogP contribution in [0.25, 0.3) is 0 Å². The average molecular weight is 438 g/mol. The van der Waals surface area contributed by atoms with Gasteiger partial charge < -0.3 is 25.4 Å². The number of amides is 3. The van der Waals surface area contributed by atoms with Crippen LogP contribution in [-0.4, -0.2) is 64.7 Å². The van der Waals surface area contributed by atoms with Crippen LogP contribution < -0.4 is 10.6 Å². The molecular weight excluding hydrogens is 414 g/mol. The molecule has 9 nitrogen and oxygen atoms in total. The molecule has 1 fully saturated rings. The number of benzene rings is 1. The molecule has 1 aliphatic rings. The van der Waals surface area contributed by atoms with Crippen LogP contribution in [0.2, 0.25) is 5.02 Å². The van der Waals surface area contributed by atoms with Crippen LogP contribution >= 0.6 is 11.6 Å². The normalized spacial score (nSPS) is 17.7. The van der Waals surface area contributed by atoms with Gasteiger partial charge in [-0.2, -0.15) is 0 Å². The quantitative estimate of drug-likeness (QED) is 0.518. The maximum atomic E-state index is 12.9. The summed E-state index contributed by atoms with van der Waals surface area (Å²) < 4.78 is 0. The second-order valence-electron chi connectivity index (χ2n) is 7.15. The fourth-order valence-corrected chi connectivity index (χ4v) is 3.52. The number of nitrogens with one attached hydrogen (secondary N) is 2. The Kier molecular flexibility index (Phi) is 7.93. The van der Waals surface area contributed by atoms with Gasteiger partial charge in [0.05, 0.1) is 12.5 Å². The summed E-state index contributed by atoms with van der Waals surface area (Å²) in [7, 11) is 0. The second kappa shape index (κ2) is 10.2. The lowest BCUT2D eigenvalue weighted by atomic mass is 10.1. The summed E-state index contributed by atoms with van der Waals surface area (Å²) in [6.07, 6.45) is 0.761. The Morgan fingerprint density at radius 1 is 1.30 bits per heavy atom. The molecule has 30 heavy (non-hydrogen) atoms. The summed E-state index contributed by atoms with van der Waals surface area (Å²) >= 11 is 6.04. The molecule has 0 radical (unpaired) electrons. The van der Waals surface area contributed by atoms with Gasteiger partial charge in [0, 0.05) is 17.1 Å². The number of carboxylic acids is 1. The van der Waals surface area contributed by atoms with Crippen molar-refractivity contribution < 1.29 is 29.1 Å². The molecule has 1 saturated heterocycles. The predicted molar refractivity (Wildman–Crippen MR) is 108 cm³/mol. The number of halogens is 1. The van der Waals surface area contributed by atoms with Crippen molar-refractivity contribution in [3.8, 4) is 0 Å². The van der Waals surface area contributed by atoms with Gasteiger partial charge in [-0.15, -0.1) is 0 Å². The number of carboxylic acid groups (broad SMARTS) is 1. The van der Waals surface area contributed by atoms with E-state index in [9.17, 15) is 24.0 Å². The molecule has 1 aromatic carbocycles. The van der Waals surface area contributed by atoms with E-state index in [1.807, 2.05) is 0 Å². The molecule has 3 amide bonds. The van der Waals surface area contributed by atoms with Crippen LogP contribution in [0.4, 0.5) is 0 Å². The monoisotopic (exact) mass is 437 g/mol. The Morgan fingerprint density at radius 2 is 2.00 bits per heavy atom. The Hall–Kier alpha value is -2.94. The van der Waals surface area contributed by atoms with Gasteiger partial charge in [-0.3, -0.25) is 19.2 Å². The van der Waals surface area contributed by atoms with Crippen molar-refractivity contribution in [2.24, 2.45) is 0 Å². The zero-order chi connectivity index (χ0) is 22.4. The van der Waals surface area contributed by atoms with Crippen LogP contribution in [-0.2, 0) is 19.2 Å². The first-order valence-corrected chi connectivity index (χ1v) is 9.87. The van der Waals surface area contributed by atoms with E-state index in [1.165, 1.54) is 11.8 Å². The van der Waals surface area contributed by atoms with E-state index >= 15 is 0 Å². The van der Waals surface area contributed by atoms with Crippen LogP contribution in [0.15, 0.2) is 18.2 Å². The van der Waals surface area contributed by atoms with Gasteiger partial charge in [-0.1, -0.05) is 17.7 Å². The average Bonchev–Trinajstić information content (AvgIpc) is 3.18. The highest BCUT2D eigenvalue weighted by Crippen LogP contribution is 2.20. The zero-order valence-corrected chi connectivity index (χ0v) is 17.4. The summed E-state index contributed by atoms with van der Waals surface area (Å²) in [4.78, 5) is 61.0. The van der Waals surface area contributed by atoms with Crippen molar-refractivity contribution in [3.63, 3.8) is 0 Å². The molecule has 0 unspecified atom stereocenters. The molecule has 1 aliphatic heterocycles. The first-order chi connectivity index (χ1) is 14.1. The topological polar surface area (TPSA) is 133 Å². The molecule has 0 spiro atoms. The number of hydrogen-bond acceptors (Lipinski definition) is 5. The highest BCUT2D eigenvalue weighted by molar-refractivity contribution is 6.31. The number of aldehydes is 1. The molecule has 1 aromatic rings.